The quantitative estimate of drug-likeness (QED) is 0.170. The first-order chi connectivity index (χ1) is 17.0. The maximum absolute atomic E-state index is 11.3. The molecular formula is C28H31N5O2. The van der Waals surface area contributed by atoms with Crippen molar-refractivity contribution < 1.29 is 10.0 Å². The summed E-state index contributed by atoms with van der Waals surface area (Å²) in [6.45, 7) is 5.97. The summed E-state index contributed by atoms with van der Waals surface area (Å²) in [7, 11) is 0. The van der Waals surface area contributed by atoms with Gasteiger partial charge in [0.25, 0.3) is 5.91 Å². The maximum Gasteiger partial charge on any atom is 0.267 e. The van der Waals surface area contributed by atoms with E-state index < -0.39 is 5.91 Å². The van der Waals surface area contributed by atoms with Crippen LogP contribution in [0.5, 0.6) is 0 Å². The Morgan fingerprint density at radius 3 is 2.91 bits per heavy atom. The van der Waals surface area contributed by atoms with Gasteiger partial charge < -0.3 is 4.98 Å². The first-order valence-electron chi connectivity index (χ1n) is 12.1. The standard InChI is InChI=1S/C28H31N5O2/c1-18-3-7-24-22(15-29-26(24)13-18)11-12-33(17-23-16-30-31-19(23)2)27-9-6-21-14-20(4-8-25(21)27)5-10-28(34)32-35/h3-5,7-8,10,13-16,27,29,35H,6,9,11-12,17H2,1-2H3,(H,30,31)(H,32,34). The molecule has 7 nitrogen and oxygen atoms in total. The van der Waals surface area contributed by atoms with E-state index in [1.54, 1.807) is 11.6 Å². The summed E-state index contributed by atoms with van der Waals surface area (Å²) in [4.78, 5) is 17.4. The Balaban J connectivity index is 1.39. The van der Waals surface area contributed by atoms with Crippen molar-refractivity contribution in [3.05, 3.63) is 93.9 Å². The van der Waals surface area contributed by atoms with E-state index in [9.17, 15) is 4.79 Å². The summed E-state index contributed by atoms with van der Waals surface area (Å²) in [6, 6.07) is 13.3. The number of hydroxylamine groups is 1. The van der Waals surface area contributed by atoms with Crippen LogP contribution in [-0.2, 0) is 24.2 Å². The Morgan fingerprint density at radius 2 is 2.11 bits per heavy atom. The van der Waals surface area contributed by atoms with Crippen LogP contribution in [0.2, 0.25) is 0 Å². The van der Waals surface area contributed by atoms with Crippen LogP contribution < -0.4 is 5.48 Å². The van der Waals surface area contributed by atoms with Crippen molar-refractivity contribution in [1.82, 2.24) is 25.6 Å². The zero-order valence-corrected chi connectivity index (χ0v) is 20.1. The lowest BCUT2D eigenvalue weighted by Crippen LogP contribution is -2.29. The number of benzene rings is 2. The van der Waals surface area contributed by atoms with Gasteiger partial charge in [0.2, 0.25) is 0 Å². The normalized spacial score (nSPS) is 15.4. The second-order valence-corrected chi connectivity index (χ2v) is 9.43. The summed E-state index contributed by atoms with van der Waals surface area (Å²) < 4.78 is 0. The molecule has 0 spiro atoms. The minimum Gasteiger partial charge on any atom is -0.361 e. The number of hydrogen-bond donors (Lipinski definition) is 4. The third-order valence-corrected chi connectivity index (χ3v) is 7.09. The summed E-state index contributed by atoms with van der Waals surface area (Å²) in [5.74, 6) is -0.530. The molecule has 0 bridgehead atoms. The zero-order valence-electron chi connectivity index (χ0n) is 20.1. The molecule has 1 aliphatic carbocycles. The summed E-state index contributed by atoms with van der Waals surface area (Å²) >= 11 is 0. The first kappa shape index (κ1) is 23.1. The zero-order chi connectivity index (χ0) is 24.4. The number of carbonyl (C=O) groups excluding carboxylic acids is 1. The van der Waals surface area contributed by atoms with Crippen molar-refractivity contribution in [2.24, 2.45) is 0 Å². The van der Waals surface area contributed by atoms with E-state index in [0.717, 1.165) is 43.6 Å². The SMILES string of the molecule is Cc1ccc2c(CCN(Cc3cn[nH]c3C)C3CCc4cc(C=CC(=O)NO)ccc43)c[nH]c2c1. The van der Waals surface area contributed by atoms with Crippen molar-refractivity contribution >= 4 is 22.9 Å². The van der Waals surface area contributed by atoms with E-state index in [-0.39, 0.29) is 0 Å². The van der Waals surface area contributed by atoms with E-state index in [4.69, 9.17) is 5.21 Å². The van der Waals surface area contributed by atoms with E-state index in [0.29, 0.717) is 6.04 Å². The molecule has 0 aliphatic heterocycles. The van der Waals surface area contributed by atoms with E-state index >= 15 is 0 Å². The highest BCUT2D eigenvalue weighted by Crippen LogP contribution is 2.37. The van der Waals surface area contributed by atoms with Crippen LogP contribution in [0.25, 0.3) is 17.0 Å². The Kier molecular flexibility index (Phi) is 6.53. The number of nitrogens with zero attached hydrogens (tertiary/aromatic N) is 2. The van der Waals surface area contributed by atoms with Gasteiger partial charge in [0.1, 0.15) is 0 Å². The topological polar surface area (TPSA) is 97.0 Å². The van der Waals surface area contributed by atoms with Gasteiger partial charge in [-0.05, 0) is 73.1 Å². The van der Waals surface area contributed by atoms with Crippen molar-refractivity contribution in [1.29, 1.82) is 0 Å². The number of hydrogen-bond acceptors (Lipinski definition) is 4. The lowest BCUT2D eigenvalue weighted by atomic mass is 10.0. The van der Waals surface area contributed by atoms with Gasteiger partial charge in [-0.15, -0.1) is 0 Å². The molecule has 1 unspecified atom stereocenters. The van der Waals surface area contributed by atoms with E-state index in [2.05, 4.69) is 70.5 Å². The average Bonchev–Trinajstić information content (AvgIpc) is 3.58. The molecule has 0 saturated heterocycles. The minimum absolute atomic E-state index is 0.325. The lowest BCUT2D eigenvalue weighted by molar-refractivity contribution is -0.124. The molecule has 0 radical (unpaired) electrons. The molecule has 1 amide bonds. The van der Waals surface area contributed by atoms with Crippen molar-refractivity contribution in [3.63, 3.8) is 0 Å². The van der Waals surface area contributed by atoms with Gasteiger partial charge in [-0.25, -0.2) is 5.48 Å². The summed E-state index contributed by atoms with van der Waals surface area (Å²) in [5, 5.41) is 17.3. The molecular weight excluding hydrogens is 438 g/mol. The third-order valence-electron chi connectivity index (χ3n) is 7.09. The maximum atomic E-state index is 11.3. The molecule has 5 rings (SSSR count). The number of aryl methyl sites for hydroxylation is 3. The number of nitrogens with one attached hydrogen (secondary N) is 3. The Bertz CT molecular complexity index is 1380. The molecule has 35 heavy (non-hydrogen) atoms. The summed E-state index contributed by atoms with van der Waals surface area (Å²) in [5.41, 5.74) is 11.4. The number of rotatable bonds is 8. The molecule has 0 saturated carbocycles. The second kappa shape index (κ2) is 9.90. The van der Waals surface area contributed by atoms with Gasteiger partial charge in [-0.2, -0.15) is 5.10 Å². The molecule has 2 aromatic heterocycles. The van der Waals surface area contributed by atoms with Crippen molar-refractivity contribution in [2.75, 3.05) is 6.54 Å². The van der Waals surface area contributed by atoms with Crippen LogP contribution in [0.1, 0.15) is 51.5 Å². The van der Waals surface area contributed by atoms with Crippen LogP contribution in [0.4, 0.5) is 0 Å². The third kappa shape index (κ3) is 4.92. The monoisotopic (exact) mass is 469 g/mol. The van der Waals surface area contributed by atoms with Crippen LogP contribution >= 0.6 is 0 Å². The van der Waals surface area contributed by atoms with E-state index in [1.165, 1.54) is 44.8 Å². The molecule has 1 atom stereocenters. The van der Waals surface area contributed by atoms with E-state index in [1.807, 2.05) is 12.3 Å². The lowest BCUT2D eigenvalue weighted by Gasteiger charge is -2.29. The fraction of sp³-hybridized carbons (Fsp3) is 0.286. The number of carbonyl (C=O) groups is 1. The first-order valence-corrected chi connectivity index (χ1v) is 12.1. The molecule has 2 heterocycles. The molecule has 1 aliphatic rings. The smallest absolute Gasteiger partial charge is 0.267 e. The van der Waals surface area contributed by atoms with Gasteiger partial charge >= 0.3 is 0 Å². The van der Waals surface area contributed by atoms with Gasteiger partial charge in [-0.1, -0.05) is 30.3 Å². The van der Waals surface area contributed by atoms with Crippen molar-refractivity contribution in [3.8, 4) is 0 Å². The molecule has 2 aromatic carbocycles. The van der Waals surface area contributed by atoms with Gasteiger partial charge in [-0.3, -0.25) is 20.0 Å². The number of H-pyrrole nitrogens is 2. The van der Waals surface area contributed by atoms with Crippen LogP contribution in [0.3, 0.4) is 0 Å². The molecule has 180 valence electrons. The van der Waals surface area contributed by atoms with Gasteiger partial charge in [0.15, 0.2) is 0 Å². The number of aromatic nitrogens is 3. The second-order valence-electron chi connectivity index (χ2n) is 9.43. The Morgan fingerprint density at radius 1 is 1.23 bits per heavy atom. The average molecular weight is 470 g/mol. The van der Waals surface area contributed by atoms with Crippen LogP contribution in [-0.4, -0.2) is 37.7 Å². The largest absolute Gasteiger partial charge is 0.361 e. The fourth-order valence-corrected chi connectivity index (χ4v) is 5.18. The van der Waals surface area contributed by atoms with Crippen molar-refractivity contribution in [2.45, 2.75) is 45.7 Å². The minimum atomic E-state index is -0.530. The summed E-state index contributed by atoms with van der Waals surface area (Å²) in [6.07, 6.45) is 10.2. The predicted molar refractivity (Wildman–Crippen MR) is 137 cm³/mol. The van der Waals surface area contributed by atoms with Crippen LogP contribution in [0, 0.1) is 13.8 Å². The van der Waals surface area contributed by atoms with Gasteiger partial charge in [0.05, 0.1) is 6.20 Å². The Labute approximate surface area is 204 Å². The molecule has 4 aromatic rings. The highest BCUT2D eigenvalue weighted by atomic mass is 16.5. The predicted octanol–water partition coefficient (Wildman–Crippen LogP) is 4.76. The number of amides is 1. The molecule has 4 N–H and O–H groups in total. The van der Waals surface area contributed by atoms with Gasteiger partial charge in [0, 0.05) is 53.6 Å². The number of aromatic amines is 2. The fourth-order valence-electron chi connectivity index (χ4n) is 5.18. The Hall–Kier alpha value is -3.68. The van der Waals surface area contributed by atoms with Crippen LogP contribution in [0.15, 0.2) is 54.9 Å². The highest BCUT2D eigenvalue weighted by Gasteiger charge is 2.28. The number of fused-ring (bicyclic) bond motifs is 2. The highest BCUT2D eigenvalue weighted by molar-refractivity contribution is 5.90. The molecule has 7 heteroatoms. The molecule has 0 fully saturated rings.